The summed E-state index contributed by atoms with van der Waals surface area (Å²) < 4.78 is 22.3. The van der Waals surface area contributed by atoms with E-state index in [4.69, 9.17) is 18.6 Å². The molecule has 3 aromatic carbocycles. The van der Waals surface area contributed by atoms with Gasteiger partial charge in [-0.25, -0.2) is 4.42 Å². The zero-order chi connectivity index (χ0) is 19.5. The summed E-state index contributed by atoms with van der Waals surface area (Å²) >= 11 is 0. The molecular weight excluding hydrogens is 352 g/mol. The van der Waals surface area contributed by atoms with Crippen LogP contribution in [0.4, 0.5) is 0 Å². The molecule has 0 spiro atoms. The van der Waals surface area contributed by atoms with Crippen LogP contribution in [0.1, 0.15) is 0 Å². The van der Waals surface area contributed by atoms with Gasteiger partial charge in [0, 0.05) is 0 Å². The molecule has 0 atom stereocenters. The van der Waals surface area contributed by atoms with Crippen molar-refractivity contribution in [3.8, 4) is 39.7 Å². The lowest BCUT2D eigenvalue weighted by atomic mass is 9.99. The Bertz CT molecular complexity index is 1100. The summed E-state index contributed by atoms with van der Waals surface area (Å²) in [5.74, 6) is 3.16. The second-order valence-electron chi connectivity index (χ2n) is 6.35. The molecule has 140 valence electrons. The average Bonchev–Trinajstić information content (AvgIpc) is 2.78. The predicted molar refractivity (Wildman–Crippen MR) is 111 cm³/mol. The van der Waals surface area contributed by atoms with Crippen molar-refractivity contribution in [3.63, 3.8) is 0 Å². The monoisotopic (exact) mass is 373 g/mol. The quantitative estimate of drug-likeness (QED) is 0.398. The van der Waals surface area contributed by atoms with Crippen molar-refractivity contribution in [1.29, 1.82) is 0 Å². The summed E-state index contributed by atoms with van der Waals surface area (Å²) in [6, 6.07) is 23.8. The molecule has 0 N–H and O–H groups in total. The SMILES string of the molecule is COc1ccc(-c2cc3ccc(OC)cc3[o+]c2-c2ccc(OC)cc2)cc1. The van der Waals surface area contributed by atoms with E-state index < -0.39 is 0 Å². The first-order valence-electron chi connectivity index (χ1n) is 8.95. The predicted octanol–water partition coefficient (Wildman–Crippen LogP) is 6.07. The highest BCUT2D eigenvalue weighted by molar-refractivity contribution is 5.90. The molecule has 0 radical (unpaired) electrons. The maximum atomic E-state index is 6.35. The van der Waals surface area contributed by atoms with Crippen molar-refractivity contribution < 1.29 is 18.6 Å². The minimum Gasteiger partial charge on any atom is -0.497 e. The lowest BCUT2D eigenvalue weighted by molar-refractivity contribution is 0.414. The minimum absolute atomic E-state index is 0.758. The van der Waals surface area contributed by atoms with E-state index in [0.717, 1.165) is 50.7 Å². The molecule has 1 aromatic heterocycles. The molecule has 0 bridgehead atoms. The van der Waals surface area contributed by atoms with Crippen LogP contribution in [0.25, 0.3) is 33.4 Å². The minimum atomic E-state index is 0.758. The van der Waals surface area contributed by atoms with Gasteiger partial charge in [-0.15, -0.1) is 0 Å². The third kappa shape index (κ3) is 3.37. The van der Waals surface area contributed by atoms with E-state index >= 15 is 0 Å². The Labute approximate surface area is 163 Å². The molecule has 4 nitrogen and oxygen atoms in total. The number of methoxy groups -OCH3 is 3. The Kier molecular flexibility index (Phi) is 4.85. The van der Waals surface area contributed by atoms with Gasteiger partial charge in [0.05, 0.1) is 43.9 Å². The van der Waals surface area contributed by atoms with Crippen LogP contribution < -0.4 is 14.2 Å². The summed E-state index contributed by atoms with van der Waals surface area (Å²) in [6.07, 6.45) is 0. The van der Waals surface area contributed by atoms with E-state index in [1.807, 2.05) is 66.7 Å². The summed E-state index contributed by atoms with van der Waals surface area (Å²) in [4.78, 5) is 0. The lowest BCUT2D eigenvalue weighted by Crippen LogP contribution is -1.89. The number of benzene rings is 3. The van der Waals surface area contributed by atoms with E-state index in [0.29, 0.717) is 0 Å². The molecular formula is C24H21O4+. The second-order valence-corrected chi connectivity index (χ2v) is 6.35. The fourth-order valence-corrected chi connectivity index (χ4v) is 3.18. The van der Waals surface area contributed by atoms with Gasteiger partial charge in [-0.05, 0) is 60.2 Å². The Hall–Kier alpha value is -3.53. The van der Waals surface area contributed by atoms with Gasteiger partial charge in [-0.2, -0.15) is 0 Å². The van der Waals surface area contributed by atoms with Crippen LogP contribution in [0.3, 0.4) is 0 Å². The number of fused-ring (bicyclic) bond motifs is 1. The van der Waals surface area contributed by atoms with Crippen molar-refractivity contribution in [2.24, 2.45) is 0 Å². The average molecular weight is 373 g/mol. The van der Waals surface area contributed by atoms with Crippen molar-refractivity contribution in [2.45, 2.75) is 0 Å². The van der Waals surface area contributed by atoms with E-state index in [1.165, 1.54) is 0 Å². The molecule has 0 amide bonds. The van der Waals surface area contributed by atoms with Crippen LogP contribution in [-0.4, -0.2) is 21.3 Å². The summed E-state index contributed by atoms with van der Waals surface area (Å²) in [5, 5.41) is 1.00. The molecule has 1 heterocycles. The highest BCUT2D eigenvalue weighted by Gasteiger charge is 2.23. The van der Waals surface area contributed by atoms with Gasteiger partial charge in [0.2, 0.25) is 0 Å². The summed E-state index contributed by atoms with van der Waals surface area (Å²) in [6.45, 7) is 0. The maximum absolute atomic E-state index is 6.35. The molecule has 0 saturated carbocycles. The topological polar surface area (TPSA) is 39.0 Å². The number of ether oxygens (including phenoxy) is 3. The molecule has 0 aliphatic heterocycles. The third-order valence-corrected chi connectivity index (χ3v) is 4.73. The van der Waals surface area contributed by atoms with Crippen LogP contribution in [0.2, 0.25) is 0 Å². The zero-order valence-corrected chi connectivity index (χ0v) is 16.1. The third-order valence-electron chi connectivity index (χ3n) is 4.73. The zero-order valence-electron chi connectivity index (χ0n) is 16.1. The highest BCUT2D eigenvalue weighted by atomic mass is 16.5. The standard InChI is InChI=1S/C24H21O4/c1-25-19-9-4-16(5-10-19)22-14-18-8-13-21(27-3)15-23(18)28-24(22)17-6-11-20(26-2)12-7-17/h4-15H,1-3H3/q+1. The normalized spacial score (nSPS) is 10.7. The van der Waals surface area contributed by atoms with Crippen molar-refractivity contribution in [1.82, 2.24) is 0 Å². The fourth-order valence-electron chi connectivity index (χ4n) is 3.18. The van der Waals surface area contributed by atoms with E-state index in [-0.39, 0.29) is 0 Å². The van der Waals surface area contributed by atoms with Crippen LogP contribution >= 0.6 is 0 Å². The molecule has 0 unspecified atom stereocenters. The van der Waals surface area contributed by atoms with Gasteiger partial charge in [0.25, 0.3) is 0 Å². The Morgan fingerprint density at radius 3 is 1.68 bits per heavy atom. The highest BCUT2D eigenvalue weighted by Crippen LogP contribution is 2.37. The lowest BCUT2D eigenvalue weighted by Gasteiger charge is -2.06. The first-order chi connectivity index (χ1) is 13.7. The van der Waals surface area contributed by atoms with E-state index in [9.17, 15) is 0 Å². The number of hydrogen-bond acceptors (Lipinski definition) is 3. The Morgan fingerprint density at radius 2 is 1.11 bits per heavy atom. The molecule has 4 rings (SSSR count). The number of hydrogen-bond donors (Lipinski definition) is 0. The number of rotatable bonds is 5. The Balaban J connectivity index is 1.93. The second kappa shape index (κ2) is 7.61. The summed E-state index contributed by atoms with van der Waals surface area (Å²) in [7, 11) is 4.97. The smallest absolute Gasteiger partial charge is 0.368 e. The maximum Gasteiger partial charge on any atom is 0.368 e. The molecule has 0 aliphatic carbocycles. The Morgan fingerprint density at radius 1 is 0.571 bits per heavy atom. The van der Waals surface area contributed by atoms with Crippen LogP contribution in [-0.2, 0) is 0 Å². The molecule has 28 heavy (non-hydrogen) atoms. The first kappa shape index (κ1) is 17.9. The van der Waals surface area contributed by atoms with Crippen LogP contribution in [0, 0.1) is 0 Å². The first-order valence-corrected chi connectivity index (χ1v) is 8.95. The molecule has 4 aromatic rings. The molecule has 0 fully saturated rings. The van der Waals surface area contributed by atoms with E-state index in [1.54, 1.807) is 21.3 Å². The molecule has 0 saturated heterocycles. The largest absolute Gasteiger partial charge is 0.497 e. The molecule has 4 heteroatoms. The van der Waals surface area contributed by atoms with Crippen molar-refractivity contribution >= 4 is 11.0 Å². The van der Waals surface area contributed by atoms with Gasteiger partial charge < -0.3 is 14.2 Å². The molecule has 0 aliphatic rings. The van der Waals surface area contributed by atoms with Crippen molar-refractivity contribution in [3.05, 3.63) is 72.8 Å². The van der Waals surface area contributed by atoms with Gasteiger partial charge in [-0.3, -0.25) is 0 Å². The van der Waals surface area contributed by atoms with Gasteiger partial charge in [0.1, 0.15) is 17.2 Å². The van der Waals surface area contributed by atoms with Crippen LogP contribution in [0.5, 0.6) is 17.2 Å². The van der Waals surface area contributed by atoms with Crippen LogP contribution in [0.15, 0.2) is 77.2 Å². The van der Waals surface area contributed by atoms with Crippen molar-refractivity contribution in [2.75, 3.05) is 21.3 Å². The fraction of sp³-hybridized carbons (Fsp3) is 0.125. The van der Waals surface area contributed by atoms with E-state index in [2.05, 4.69) is 6.07 Å². The van der Waals surface area contributed by atoms with Gasteiger partial charge >= 0.3 is 11.3 Å². The summed E-state index contributed by atoms with van der Waals surface area (Å²) in [5.41, 5.74) is 3.79. The van der Waals surface area contributed by atoms with Gasteiger partial charge in [-0.1, -0.05) is 12.1 Å². The van der Waals surface area contributed by atoms with Gasteiger partial charge in [0.15, 0.2) is 0 Å².